The summed E-state index contributed by atoms with van der Waals surface area (Å²) >= 11 is 0. The van der Waals surface area contributed by atoms with Gasteiger partial charge in [-0.25, -0.2) is 4.39 Å². The second-order valence-electron chi connectivity index (χ2n) is 5.08. The van der Waals surface area contributed by atoms with Crippen molar-refractivity contribution in [2.24, 2.45) is 10.4 Å². The fourth-order valence-corrected chi connectivity index (χ4v) is 2.40. The van der Waals surface area contributed by atoms with E-state index in [-0.39, 0.29) is 5.41 Å². The standard InChI is InChI=1S/C13H25FN2/c1-4-6-8-13(3,7-5-2)12-15-9-11(14)10-16-12/h11H,4-10H2,1-3H3,(H,15,16). The van der Waals surface area contributed by atoms with Gasteiger partial charge in [0.25, 0.3) is 0 Å². The van der Waals surface area contributed by atoms with E-state index in [1.807, 2.05) is 0 Å². The van der Waals surface area contributed by atoms with Crippen molar-refractivity contribution in [1.29, 1.82) is 0 Å². The third-order valence-electron chi connectivity index (χ3n) is 3.39. The lowest BCUT2D eigenvalue weighted by molar-refractivity contribution is 0.307. The van der Waals surface area contributed by atoms with Crippen molar-refractivity contribution in [1.82, 2.24) is 5.32 Å². The van der Waals surface area contributed by atoms with Crippen LogP contribution in [0.15, 0.2) is 4.99 Å². The molecular weight excluding hydrogens is 203 g/mol. The van der Waals surface area contributed by atoms with Crippen LogP contribution in [0.3, 0.4) is 0 Å². The monoisotopic (exact) mass is 228 g/mol. The number of hydrogen-bond donors (Lipinski definition) is 1. The Morgan fingerprint density at radius 1 is 1.38 bits per heavy atom. The molecule has 0 bridgehead atoms. The maximum absolute atomic E-state index is 13.0. The Morgan fingerprint density at radius 3 is 2.62 bits per heavy atom. The van der Waals surface area contributed by atoms with Crippen molar-refractivity contribution < 1.29 is 4.39 Å². The summed E-state index contributed by atoms with van der Waals surface area (Å²) in [6, 6.07) is 0. The van der Waals surface area contributed by atoms with E-state index in [0.29, 0.717) is 13.1 Å². The highest BCUT2D eigenvalue weighted by Crippen LogP contribution is 2.31. The molecular formula is C13H25FN2. The van der Waals surface area contributed by atoms with Gasteiger partial charge in [-0.1, -0.05) is 40.0 Å². The minimum Gasteiger partial charge on any atom is -0.370 e. The van der Waals surface area contributed by atoms with Gasteiger partial charge in [0, 0.05) is 12.0 Å². The van der Waals surface area contributed by atoms with E-state index in [2.05, 4.69) is 31.1 Å². The van der Waals surface area contributed by atoms with Gasteiger partial charge in [-0.3, -0.25) is 4.99 Å². The van der Waals surface area contributed by atoms with Gasteiger partial charge in [-0.15, -0.1) is 0 Å². The highest BCUT2D eigenvalue weighted by Gasteiger charge is 2.31. The summed E-state index contributed by atoms with van der Waals surface area (Å²) in [5.41, 5.74) is 0.130. The molecule has 0 saturated heterocycles. The molecule has 94 valence electrons. The zero-order valence-corrected chi connectivity index (χ0v) is 10.9. The molecule has 1 aliphatic heterocycles. The van der Waals surface area contributed by atoms with Gasteiger partial charge >= 0.3 is 0 Å². The third kappa shape index (κ3) is 3.46. The van der Waals surface area contributed by atoms with Crippen molar-refractivity contribution in [3.05, 3.63) is 0 Å². The van der Waals surface area contributed by atoms with Crippen LogP contribution in [0.1, 0.15) is 52.9 Å². The molecule has 0 fully saturated rings. The highest BCUT2D eigenvalue weighted by atomic mass is 19.1. The SMILES string of the molecule is CCCCC(C)(CCC)C1=NCC(F)CN1. The minimum atomic E-state index is -0.805. The molecule has 0 aromatic carbocycles. The van der Waals surface area contributed by atoms with Crippen LogP contribution < -0.4 is 5.32 Å². The second kappa shape index (κ2) is 6.21. The summed E-state index contributed by atoms with van der Waals surface area (Å²) in [5, 5.41) is 3.18. The van der Waals surface area contributed by atoms with Crippen molar-refractivity contribution in [3.8, 4) is 0 Å². The van der Waals surface area contributed by atoms with E-state index in [0.717, 1.165) is 25.1 Å². The number of halogens is 1. The lowest BCUT2D eigenvalue weighted by Crippen LogP contribution is -2.45. The molecule has 1 N–H and O–H groups in total. The van der Waals surface area contributed by atoms with E-state index >= 15 is 0 Å². The topological polar surface area (TPSA) is 24.4 Å². The highest BCUT2D eigenvalue weighted by molar-refractivity contribution is 5.88. The van der Waals surface area contributed by atoms with Crippen LogP contribution in [-0.4, -0.2) is 25.1 Å². The van der Waals surface area contributed by atoms with E-state index in [1.54, 1.807) is 0 Å². The normalized spacial score (nSPS) is 24.5. The van der Waals surface area contributed by atoms with E-state index in [1.165, 1.54) is 12.8 Å². The molecule has 2 unspecified atom stereocenters. The molecule has 0 amide bonds. The number of hydrogen-bond acceptors (Lipinski definition) is 2. The molecule has 1 aliphatic rings. The van der Waals surface area contributed by atoms with E-state index in [4.69, 9.17) is 0 Å². The van der Waals surface area contributed by atoms with Crippen molar-refractivity contribution in [3.63, 3.8) is 0 Å². The van der Waals surface area contributed by atoms with Gasteiger partial charge in [-0.2, -0.15) is 0 Å². The number of amidine groups is 1. The summed E-state index contributed by atoms with van der Waals surface area (Å²) in [6.45, 7) is 7.44. The van der Waals surface area contributed by atoms with Crippen LogP contribution >= 0.6 is 0 Å². The van der Waals surface area contributed by atoms with Gasteiger partial charge in [0.2, 0.25) is 0 Å². The Morgan fingerprint density at radius 2 is 2.12 bits per heavy atom. The van der Waals surface area contributed by atoms with Crippen LogP contribution in [0.2, 0.25) is 0 Å². The number of unbranched alkanes of at least 4 members (excludes halogenated alkanes) is 1. The predicted molar refractivity (Wildman–Crippen MR) is 67.7 cm³/mol. The number of nitrogens with one attached hydrogen (secondary N) is 1. The number of nitrogens with zero attached hydrogens (tertiary/aromatic N) is 1. The van der Waals surface area contributed by atoms with Gasteiger partial charge < -0.3 is 5.32 Å². The molecule has 2 atom stereocenters. The van der Waals surface area contributed by atoms with Crippen LogP contribution in [-0.2, 0) is 0 Å². The fourth-order valence-electron chi connectivity index (χ4n) is 2.40. The quantitative estimate of drug-likeness (QED) is 0.741. The van der Waals surface area contributed by atoms with Gasteiger partial charge in [0.1, 0.15) is 12.0 Å². The average molecular weight is 228 g/mol. The summed E-state index contributed by atoms with van der Waals surface area (Å²) in [5.74, 6) is 1.04. The molecule has 3 heteroatoms. The molecule has 0 spiro atoms. The summed E-state index contributed by atoms with van der Waals surface area (Å²) < 4.78 is 13.0. The molecule has 2 nitrogen and oxygen atoms in total. The lowest BCUT2D eigenvalue weighted by atomic mass is 9.79. The van der Waals surface area contributed by atoms with Crippen LogP contribution in [0.25, 0.3) is 0 Å². The van der Waals surface area contributed by atoms with Crippen molar-refractivity contribution in [2.45, 2.75) is 59.0 Å². The van der Waals surface area contributed by atoms with Crippen LogP contribution in [0.4, 0.5) is 4.39 Å². The third-order valence-corrected chi connectivity index (χ3v) is 3.39. The molecule has 1 rings (SSSR count). The molecule has 1 heterocycles. The Balaban J connectivity index is 2.67. The smallest absolute Gasteiger partial charge is 0.137 e. The summed E-state index contributed by atoms with van der Waals surface area (Å²) in [6.07, 6.45) is 5.06. The largest absolute Gasteiger partial charge is 0.370 e. The average Bonchev–Trinajstić information content (AvgIpc) is 2.27. The van der Waals surface area contributed by atoms with Crippen LogP contribution in [0, 0.1) is 5.41 Å². The summed E-state index contributed by atoms with van der Waals surface area (Å²) in [4.78, 5) is 4.38. The fraction of sp³-hybridized carbons (Fsp3) is 0.923. The first-order valence-corrected chi connectivity index (χ1v) is 6.55. The van der Waals surface area contributed by atoms with E-state index < -0.39 is 6.17 Å². The van der Waals surface area contributed by atoms with Crippen molar-refractivity contribution in [2.75, 3.05) is 13.1 Å². The van der Waals surface area contributed by atoms with Gasteiger partial charge in [-0.05, 0) is 12.8 Å². The first-order chi connectivity index (χ1) is 7.62. The molecule has 0 aromatic rings. The maximum Gasteiger partial charge on any atom is 0.137 e. The maximum atomic E-state index is 13.0. The lowest BCUT2D eigenvalue weighted by Gasteiger charge is -2.34. The number of rotatable bonds is 6. The first-order valence-electron chi connectivity index (χ1n) is 6.55. The Labute approximate surface area is 98.7 Å². The number of alkyl halides is 1. The molecule has 0 saturated carbocycles. The Kier molecular flexibility index (Phi) is 5.23. The molecule has 0 radical (unpaired) electrons. The Bertz CT molecular complexity index is 240. The summed E-state index contributed by atoms with van der Waals surface area (Å²) in [7, 11) is 0. The second-order valence-corrected chi connectivity index (χ2v) is 5.08. The van der Waals surface area contributed by atoms with Gasteiger partial charge in [0.15, 0.2) is 0 Å². The van der Waals surface area contributed by atoms with E-state index in [9.17, 15) is 4.39 Å². The molecule has 16 heavy (non-hydrogen) atoms. The molecule has 0 aliphatic carbocycles. The number of aliphatic imine (C=N–C) groups is 1. The first kappa shape index (κ1) is 13.5. The van der Waals surface area contributed by atoms with Gasteiger partial charge in [0.05, 0.1) is 6.54 Å². The van der Waals surface area contributed by atoms with Crippen molar-refractivity contribution >= 4 is 5.84 Å². The minimum absolute atomic E-state index is 0.130. The van der Waals surface area contributed by atoms with Crippen LogP contribution in [0.5, 0.6) is 0 Å². The zero-order valence-electron chi connectivity index (χ0n) is 10.9. The predicted octanol–water partition coefficient (Wildman–Crippen LogP) is 3.32. The zero-order chi connectivity index (χ0) is 12.0. The Hall–Kier alpha value is -0.600. The molecule has 0 aromatic heterocycles.